The summed E-state index contributed by atoms with van der Waals surface area (Å²) < 4.78 is 0. The number of carbonyl (C=O) groups excluding carboxylic acids is 1. The van der Waals surface area contributed by atoms with Gasteiger partial charge in [-0.1, -0.05) is 42.3 Å². The third kappa shape index (κ3) is 4.97. The Labute approximate surface area is 158 Å². The molecule has 132 valence electrons. The van der Waals surface area contributed by atoms with Crippen LogP contribution in [0.25, 0.3) is 0 Å². The first-order valence-electron chi connectivity index (χ1n) is 8.59. The molecule has 1 aliphatic rings. The van der Waals surface area contributed by atoms with Gasteiger partial charge in [-0.3, -0.25) is 9.69 Å². The van der Waals surface area contributed by atoms with Crippen LogP contribution >= 0.6 is 23.2 Å². The smallest absolute Gasteiger partial charge is 0.255 e. The van der Waals surface area contributed by atoms with E-state index in [0.29, 0.717) is 15.6 Å². The number of nitrogens with one attached hydrogen (secondary N) is 1. The van der Waals surface area contributed by atoms with Gasteiger partial charge in [0.05, 0.1) is 10.0 Å². The molecule has 1 aliphatic heterocycles. The SMILES string of the molecule is CC1CCN(Cc2ccc(NC(=O)c3ccc(Cl)c(Cl)c3)cc2)CC1. The van der Waals surface area contributed by atoms with Gasteiger partial charge in [-0.25, -0.2) is 0 Å². The minimum Gasteiger partial charge on any atom is -0.322 e. The van der Waals surface area contributed by atoms with Gasteiger partial charge in [0.25, 0.3) is 5.91 Å². The summed E-state index contributed by atoms with van der Waals surface area (Å²) in [6, 6.07) is 12.9. The van der Waals surface area contributed by atoms with Crippen molar-refractivity contribution in [1.29, 1.82) is 0 Å². The Kier molecular flexibility index (Phi) is 6.00. The molecular formula is C20H22Cl2N2O. The molecule has 5 heteroatoms. The van der Waals surface area contributed by atoms with Crippen molar-refractivity contribution in [3.63, 3.8) is 0 Å². The molecule has 2 aromatic carbocycles. The minimum atomic E-state index is -0.198. The largest absolute Gasteiger partial charge is 0.322 e. The maximum atomic E-state index is 12.3. The van der Waals surface area contributed by atoms with E-state index in [1.807, 2.05) is 12.1 Å². The number of hydrogen-bond donors (Lipinski definition) is 1. The number of likely N-dealkylation sites (tertiary alicyclic amines) is 1. The molecule has 0 atom stereocenters. The Morgan fingerprint density at radius 1 is 1.08 bits per heavy atom. The van der Waals surface area contributed by atoms with Crippen LogP contribution in [0.5, 0.6) is 0 Å². The van der Waals surface area contributed by atoms with Crippen LogP contribution < -0.4 is 5.32 Å². The highest BCUT2D eigenvalue weighted by Crippen LogP contribution is 2.23. The molecule has 25 heavy (non-hydrogen) atoms. The number of amides is 1. The molecule has 3 rings (SSSR count). The number of nitrogens with zero attached hydrogens (tertiary/aromatic N) is 1. The molecule has 2 aromatic rings. The average Bonchev–Trinajstić information content (AvgIpc) is 2.61. The Morgan fingerprint density at radius 2 is 1.76 bits per heavy atom. The third-order valence-corrected chi connectivity index (χ3v) is 5.42. The second kappa shape index (κ2) is 8.22. The van der Waals surface area contributed by atoms with Gasteiger partial charge in [-0.05, 0) is 67.7 Å². The predicted molar refractivity (Wildman–Crippen MR) is 105 cm³/mol. The summed E-state index contributed by atoms with van der Waals surface area (Å²) >= 11 is 11.8. The van der Waals surface area contributed by atoms with E-state index in [2.05, 4.69) is 29.3 Å². The fourth-order valence-corrected chi connectivity index (χ4v) is 3.31. The van der Waals surface area contributed by atoms with Crippen molar-refractivity contribution in [2.24, 2.45) is 5.92 Å². The molecule has 0 aliphatic carbocycles. The van der Waals surface area contributed by atoms with Crippen LogP contribution in [-0.4, -0.2) is 23.9 Å². The number of halogens is 2. The lowest BCUT2D eigenvalue weighted by atomic mass is 9.99. The molecule has 1 N–H and O–H groups in total. The summed E-state index contributed by atoms with van der Waals surface area (Å²) in [5, 5.41) is 3.70. The molecule has 0 bridgehead atoms. The number of rotatable bonds is 4. The van der Waals surface area contributed by atoms with Crippen LogP contribution in [0.15, 0.2) is 42.5 Å². The third-order valence-electron chi connectivity index (χ3n) is 4.68. The average molecular weight is 377 g/mol. The van der Waals surface area contributed by atoms with E-state index >= 15 is 0 Å². The summed E-state index contributed by atoms with van der Waals surface area (Å²) in [6.45, 7) is 5.62. The van der Waals surface area contributed by atoms with Crippen LogP contribution in [0.4, 0.5) is 5.69 Å². The number of piperidine rings is 1. The van der Waals surface area contributed by atoms with Gasteiger partial charge in [0.2, 0.25) is 0 Å². The molecule has 1 amide bonds. The fraction of sp³-hybridized carbons (Fsp3) is 0.350. The first-order chi connectivity index (χ1) is 12.0. The van der Waals surface area contributed by atoms with Crippen molar-refractivity contribution in [1.82, 2.24) is 4.90 Å². The van der Waals surface area contributed by atoms with Gasteiger partial charge in [0.15, 0.2) is 0 Å². The van der Waals surface area contributed by atoms with E-state index in [0.717, 1.165) is 31.2 Å². The van der Waals surface area contributed by atoms with Gasteiger partial charge in [-0.2, -0.15) is 0 Å². The summed E-state index contributed by atoms with van der Waals surface area (Å²) in [5.74, 6) is 0.645. The molecule has 0 unspecified atom stereocenters. The van der Waals surface area contributed by atoms with E-state index < -0.39 is 0 Å². The quantitative estimate of drug-likeness (QED) is 0.766. The highest BCUT2D eigenvalue weighted by atomic mass is 35.5. The summed E-state index contributed by atoms with van der Waals surface area (Å²) in [5.41, 5.74) is 2.52. The lowest BCUT2D eigenvalue weighted by Gasteiger charge is -2.30. The summed E-state index contributed by atoms with van der Waals surface area (Å²) in [4.78, 5) is 14.8. The van der Waals surface area contributed by atoms with Gasteiger partial charge in [0.1, 0.15) is 0 Å². The van der Waals surface area contributed by atoms with Crippen molar-refractivity contribution in [2.75, 3.05) is 18.4 Å². The van der Waals surface area contributed by atoms with E-state index in [-0.39, 0.29) is 5.91 Å². The second-order valence-corrected chi connectivity index (χ2v) is 7.55. The highest BCUT2D eigenvalue weighted by molar-refractivity contribution is 6.42. The zero-order valence-corrected chi connectivity index (χ0v) is 15.8. The first-order valence-corrected chi connectivity index (χ1v) is 9.34. The molecule has 1 heterocycles. The molecule has 0 spiro atoms. The van der Waals surface area contributed by atoms with Crippen LogP contribution in [0, 0.1) is 5.92 Å². The molecule has 0 saturated carbocycles. The second-order valence-electron chi connectivity index (χ2n) is 6.74. The van der Waals surface area contributed by atoms with Gasteiger partial charge in [0, 0.05) is 17.8 Å². The molecule has 1 fully saturated rings. The minimum absolute atomic E-state index is 0.198. The molecule has 0 radical (unpaired) electrons. The van der Waals surface area contributed by atoms with Gasteiger partial charge >= 0.3 is 0 Å². The zero-order valence-electron chi connectivity index (χ0n) is 14.3. The lowest BCUT2D eigenvalue weighted by molar-refractivity contribution is 0.102. The van der Waals surface area contributed by atoms with E-state index in [9.17, 15) is 4.79 Å². The Balaban J connectivity index is 1.58. The number of benzene rings is 2. The number of hydrogen-bond acceptors (Lipinski definition) is 2. The Bertz CT molecular complexity index is 738. The van der Waals surface area contributed by atoms with Crippen LogP contribution in [0.3, 0.4) is 0 Å². The van der Waals surface area contributed by atoms with E-state index in [1.54, 1.807) is 18.2 Å². The number of carbonyl (C=O) groups is 1. The van der Waals surface area contributed by atoms with Crippen LogP contribution in [0.1, 0.15) is 35.7 Å². The van der Waals surface area contributed by atoms with Crippen molar-refractivity contribution in [2.45, 2.75) is 26.3 Å². The summed E-state index contributed by atoms with van der Waals surface area (Å²) in [6.07, 6.45) is 2.55. The standard InChI is InChI=1S/C20H22Cl2N2O/c1-14-8-10-24(11-9-14)13-15-2-5-17(6-3-15)23-20(25)16-4-7-18(21)19(22)12-16/h2-7,12,14H,8-11,13H2,1H3,(H,23,25). The molecule has 1 saturated heterocycles. The Morgan fingerprint density at radius 3 is 2.40 bits per heavy atom. The van der Waals surface area contributed by atoms with Crippen LogP contribution in [-0.2, 0) is 6.54 Å². The van der Waals surface area contributed by atoms with Crippen molar-refractivity contribution in [3.8, 4) is 0 Å². The number of anilines is 1. The van der Waals surface area contributed by atoms with Gasteiger partial charge in [-0.15, -0.1) is 0 Å². The van der Waals surface area contributed by atoms with Gasteiger partial charge < -0.3 is 5.32 Å². The van der Waals surface area contributed by atoms with E-state index in [4.69, 9.17) is 23.2 Å². The van der Waals surface area contributed by atoms with Crippen molar-refractivity contribution < 1.29 is 4.79 Å². The topological polar surface area (TPSA) is 32.3 Å². The Hall–Kier alpha value is -1.55. The molecule has 0 aromatic heterocycles. The van der Waals surface area contributed by atoms with Crippen molar-refractivity contribution >= 4 is 34.8 Å². The maximum absolute atomic E-state index is 12.3. The first kappa shape index (κ1) is 18.2. The molecule has 3 nitrogen and oxygen atoms in total. The fourth-order valence-electron chi connectivity index (χ4n) is 3.01. The predicted octanol–water partition coefficient (Wildman–Crippen LogP) is 5.48. The lowest BCUT2D eigenvalue weighted by Crippen LogP contribution is -2.32. The zero-order chi connectivity index (χ0) is 17.8. The van der Waals surface area contributed by atoms with Crippen LogP contribution in [0.2, 0.25) is 10.0 Å². The van der Waals surface area contributed by atoms with Crippen molar-refractivity contribution in [3.05, 3.63) is 63.6 Å². The maximum Gasteiger partial charge on any atom is 0.255 e. The molecular weight excluding hydrogens is 355 g/mol. The van der Waals surface area contributed by atoms with E-state index in [1.165, 1.54) is 18.4 Å². The summed E-state index contributed by atoms with van der Waals surface area (Å²) in [7, 11) is 0. The monoisotopic (exact) mass is 376 g/mol. The highest BCUT2D eigenvalue weighted by Gasteiger charge is 2.15. The normalized spacial score (nSPS) is 16.0.